The second kappa shape index (κ2) is 6.93. The third-order valence-corrected chi connectivity index (χ3v) is 4.26. The first kappa shape index (κ1) is 16.3. The van der Waals surface area contributed by atoms with Gasteiger partial charge in [0.1, 0.15) is 5.75 Å². The lowest BCUT2D eigenvalue weighted by atomic mass is 9.99. The van der Waals surface area contributed by atoms with Crippen LogP contribution in [0.5, 0.6) is 5.75 Å². The Morgan fingerprint density at radius 2 is 2.17 bits per heavy atom. The minimum absolute atomic E-state index is 0.111. The summed E-state index contributed by atoms with van der Waals surface area (Å²) in [7, 11) is 0. The Morgan fingerprint density at radius 3 is 2.96 bits per heavy atom. The molecular weight excluding hydrogens is 328 g/mol. The third kappa shape index (κ3) is 3.51. The highest BCUT2D eigenvalue weighted by molar-refractivity contribution is 6.31. The van der Waals surface area contributed by atoms with Gasteiger partial charge in [0.05, 0.1) is 0 Å². The van der Waals surface area contributed by atoms with Crippen molar-refractivity contribution in [1.29, 1.82) is 0 Å². The number of ether oxygens (including phenoxy) is 1. The molecular formula is C18H17ClN2O3. The number of rotatable bonds is 4. The standard InChI is InChI=1S/C18H17ClN2O3/c1-11-5-6-12(9-15(11)19)21-17(22)10-24-16-4-2-3-14-13(16)7-8-20-18(14)23/h2-6,9H,7-8,10H2,1H3,(H,20,23)(H,21,22). The van der Waals surface area contributed by atoms with Gasteiger partial charge in [0.2, 0.25) is 0 Å². The first-order chi connectivity index (χ1) is 11.5. The first-order valence-corrected chi connectivity index (χ1v) is 8.01. The summed E-state index contributed by atoms with van der Waals surface area (Å²) < 4.78 is 5.62. The second-order valence-electron chi connectivity index (χ2n) is 5.59. The van der Waals surface area contributed by atoms with Crippen LogP contribution < -0.4 is 15.4 Å². The normalized spacial score (nSPS) is 13.0. The quantitative estimate of drug-likeness (QED) is 0.896. The molecule has 2 amide bonds. The molecule has 0 atom stereocenters. The monoisotopic (exact) mass is 344 g/mol. The zero-order valence-corrected chi connectivity index (χ0v) is 13.9. The van der Waals surface area contributed by atoms with E-state index in [4.69, 9.17) is 16.3 Å². The third-order valence-electron chi connectivity index (χ3n) is 3.85. The number of hydrogen-bond acceptors (Lipinski definition) is 3. The zero-order valence-electron chi connectivity index (χ0n) is 13.2. The van der Waals surface area contributed by atoms with Crippen molar-refractivity contribution in [2.45, 2.75) is 13.3 Å². The summed E-state index contributed by atoms with van der Waals surface area (Å²) in [6.07, 6.45) is 0.687. The molecule has 6 heteroatoms. The van der Waals surface area contributed by atoms with E-state index < -0.39 is 0 Å². The number of carbonyl (C=O) groups is 2. The lowest BCUT2D eigenvalue weighted by Gasteiger charge is -2.19. The van der Waals surface area contributed by atoms with Crippen LogP contribution in [-0.2, 0) is 11.2 Å². The Hall–Kier alpha value is -2.53. The zero-order chi connectivity index (χ0) is 17.1. The fourth-order valence-electron chi connectivity index (χ4n) is 2.58. The molecule has 0 radical (unpaired) electrons. The summed E-state index contributed by atoms with van der Waals surface area (Å²) in [5.41, 5.74) is 3.01. The molecule has 0 saturated carbocycles. The number of fused-ring (bicyclic) bond motifs is 1. The number of carbonyl (C=O) groups excluding carboxylic acids is 2. The highest BCUT2D eigenvalue weighted by atomic mass is 35.5. The van der Waals surface area contributed by atoms with Crippen LogP contribution >= 0.6 is 11.6 Å². The van der Waals surface area contributed by atoms with E-state index in [-0.39, 0.29) is 18.4 Å². The van der Waals surface area contributed by atoms with Crippen molar-refractivity contribution in [1.82, 2.24) is 5.32 Å². The number of amides is 2. The molecule has 3 rings (SSSR count). The highest BCUT2D eigenvalue weighted by Gasteiger charge is 2.20. The number of nitrogens with one attached hydrogen (secondary N) is 2. The van der Waals surface area contributed by atoms with Crippen molar-refractivity contribution in [2.24, 2.45) is 0 Å². The number of halogens is 1. The molecule has 5 nitrogen and oxygen atoms in total. The Balaban J connectivity index is 1.65. The largest absolute Gasteiger partial charge is 0.483 e. The van der Waals surface area contributed by atoms with Crippen LogP contribution in [0.1, 0.15) is 21.5 Å². The fraction of sp³-hybridized carbons (Fsp3) is 0.222. The van der Waals surface area contributed by atoms with E-state index >= 15 is 0 Å². The summed E-state index contributed by atoms with van der Waals surface area (Å²) in [5, 5.41) is 6.12. The molecule has 1 aliphatic rings. The van der Waals surface area contributed by atoms with Crippen LogP contribution in [0.25, 0.3) is 0 Å². The second-order valence-corrected chi connectivity index (χ2v) is 6.00. The summed E-state index contributed by atoms with van der Waals surface area (Å²) in [6.45, 7) is 2.33. The van der Waals surface area contributed by atoms with Crippen LogP contribution in [0.2, 0.25) is 5.02 Å². The van der Waals surface area contributed by atoms with Crippen molar-refractivity contribution in [3.63, 3.8) is 0 Å². The molecule has 2 aromatic rings. The van der Waals surface area contributed by atoms with Gasteiger partial charge in [-0.05, 0) is 43.2 Å². The molecule has 0 spiro atoms. The lowest BCUT2D eigenvalue weighted by molar-refractivity contribution is -0.118. The van der Waals surface area contributed by atoms with Gasteiger partial charge in [-0.3, -0.25) is 9.59 Å². The Morgan fingerprint density at radius 1 is 1.33 bits per heavy atom. The Bertz CT molecular complexity index is 805. The average molecular weight is 345 g/mol. The molecule has 0 saturated heterocycles. The van der Waals surface area contributed by atoms with Crippen LogP contribution in [0.15, 0.2) is 36.4 Å². The van der Waals surface area contributed by atoms with Crippen molar-refractivity contribution < 1.29 is 14.3 Å². The van der Waals surface area contributed by atoms with E-state index in [9.17, 15) is 9.59 Å². The SMILES string of the molecule is Cc1ccc(NC(=O)COc2cccc3c2CCNC3=O)cc1Cl. The Labute approximate surface area is 145 Å². The maximum Gasteiger partial charge on any atom is 0.262 e. The van der Waals surface area contributed by atoms with Gasteiger partial charge in [-0.15, -0.1) is 0 Å². The van der Waals surface area contributed by atoms with Gasteiger partial charge < -0.3 is 15.4 Å². The first-order valence-electron chi connectivity index (χ1n) is 7.63. The smallest absolute Gasteiger partial charge is 0.262 e. The van der Waals surface area contributed by atoms with Crippen molar-refractivity contribution in [3.05, 3.63) is 58.1 Å². The number of benzene rings is 2. The molecule has 2 N–H and O–H groups in total. The molecule has 1 heterocycles. The van der Waals surface area contributed by atoms with Crippen molar-refractivity contribution >= 4 is 29.1 Å². The highest BCUT2D eigenvalue weighted by Crippen LogP contribution is 2.25. The molecule has 2 aromatic carbocycles. The minimum Gasteiger partial charge on any atom is -0.483 e. The molecule has 0 aliphatic carbocycles. The molecule has 1 aliphatic heterocycles. The molecule has 24 heavy (non-hydrogen) atoms. The number of anilines is 1. The predicted octanol–water partition coefficient (Wildman–Crippen LogP) is 2.95. The summed E-state index contributed by atoms with van der Waals surface area (Å²) in [4.78, 5) is 23.9. The molecule has 0 fully saturated rings. The Kier molecular flexibility index (Phi) is 4.71. The average Bonchev–Trinajstić information content (AvgIpc) is 2.57. The van der Waals surface area contributed by atoms with Crippen molar-refractivity contribution in [2.75, 3.05) is 18.5 Å². The molecule has 124 valence electrons. The van der Waals surface area contributed by atoms with Gasteiger partial charge in [0.25, 0.3) is 11.8 Å². The summed E-state index contributed by atoms with van der Waals surface area (Å²) >= 11 is 6.04. The van der Waals surface area contributed by atoms with E-state index in [2.05, 4.69) is 10.6 Å². The van der Waals surface area contributed by atoms with E-state index in [1.807, 2.05) is 13.0 Å². The van der Waals surface area contributed by atoms with Crippen LogP contribution in [0, 0.1) is 6.92 Å². The van der Waals surface area contributed by atoms with Crippen LogP contribution in [0.3, 0.4) is 0 Å². The molecule has 0 aromatic heterocycles. The lowest BCUT2D eigenvalue weighted by Crippen LogP contribution is -2.32. The van der Waals surface area contributed by atoms with Gasteiger partial charge in [-0.1, -0.05) is 23.7 Å². The van der Waals surface area contributed by atoms with E-state index in [0.717, 1.165) is 11.1 Å². The van der Waals surface area contributed by atoms with Crippen LogP contribution in [-0.4, -0.2) is 25.0 Å². The summed E-state index contributed by atoms with van der Waals surface area (Å²) in [5.74, 6) is 0.174. The van der Waals surface area contributed by atoms with E-state index in [0.29, 0.717) is 35.0 Å². The minimum atomic E-state index is -0.284. The molecule has 0 bridgehead atoms. The fourth-order valence-corrected chi connectivity index (χ4v) is 2.76. The molecule has 0 unspecified atom stereocenters. The maximum absolute atomic E-state index is 12.1. The van der Waals surface area contributed by atoms with E-state index in [1.54, 1.807) is 30.3 Å². The summed E-state index contributed by atoms with van der Waals surface area (Å²) in [6, 6.07) is 10.6. The number of hydrogen-bond donors (Lipinski definition) is 2. The topological polar surface area (TPSA) is 67.4 Å². The van der Waals surface area contributed by atoms with Crippen LogP contribution in [0.4, 0.5) is 5.69 Å². The number of aryl methyl sites for hydroxylation is 1. The van der Waals surface area contributed by atoms with Crippen molar-refractivity contribution in [3.8, 4) is 5.75 Å². The van der Waals surface area contributed by atoms with Gasteiger partial charge in [-0.25, -0.2) is 0 Å². The van der Waals surface area contributed by atoms with Gasteiger partial charge in [0.15, 0.2) is 6.61 Å². The van der Waals surface area contributed by atoms with Gasteiger partial charge >= 0.3 is 0 Å². The maximum atomic E-state index is 12.1. The predicted molar refractivity (Wildman–Crippen MR) is 92.8 cm³/mol. The van der Waals surface area contributed by atoms with E-state index in [1.165, 1.54) is 0 Å². The van der Waals surface area contributed by atoms with Gasteiger partial charge in [0, 0.05) is 28.4 Å². The van der Waals surface area contributed by atoms with Gasteiger partial charge in [-0.2, -0.15) is 0 Å².